The number of halogens is 1. The molecule has 0 aliphatic carbocycles. The zero-order chi connectivity index (χ0) is 16.4. The molecule has 1 amide bonds. The van der Waals surface area contributed by atoms with E-state index in [1.165, 1.54) is 0 Å². The van der Waals surface area contributed by atoms with Crippen molar-refractivity contribution in [1.29, 1.82) is 0 Å². The summed E-state index contributed by atoms with van der Waals surface area (Å²) >= 11 is 1.05. The van der Waals surface area contributed by atoms with Gasteiger partial charge < -0.3 is 0 Å². The smallest absolute Gasteiger partial charge is 0.272 e. The lowest BCUT2D eigenvalue weighted by atomic mass is 10.3. The van der Waals surface area contributed by atoms with Gasteiger partial charge in [-0.25, -0.2) is 17.8 Å². The summed E-state index contributed by atoms with van der Waals surface area (Å²) in [5.74, 6) is -1.13. The normalized spacial score (nSPS) is 17.0. The molecule has 1 heterocycles. The van der Waals surface area contributed by atoms with Crippen LogP contribution in [0.25, 0.3) is 0 Å². The summed E-state index contributed by atoms with van der Waals surface area (Å²) in [7, 11) is -4.11. The quantitative estimate of drug-likeness (QED) is 0.854. The third-order valence-corrected chi connectivity index (χ3v) is 5.82. The molecule has 0 saturated carbocycles. The number of sulfonamides is 1. The van der Waals surface area contributed by atoms with E-state index in [4.69, 9.17) is 0 Å². The molecule has 0 aromatic heterocycles. The van der Waals surface area contributed by atoms with Gasteiger partial charge in [0, 0.05) is 0 Å². The Morgan fingerprint density at radius 2 is 1.70 bits per heavy atom. The number of aliphatic imine (C=N–C) groups is 1. The number of amidine groups is 1. The minimum absolute atomic E-state index is 0.00785. The van der Waals surface area contributed by atoms with Crippen molar-refractivity contribution in [3.8, 4) is 0 Å². The van der Waals surface area contributed by atoms with Gasteiger partial charge in [0.1, 0.15) is 5.82 Å². The Hall–Kier alpha value is -2.19. The summed E-state index contributed by atoms with van der Waals surface area (Å²) in [5.41, 5.74) is 0.545. The zero-order valence-electron chi connectivity index (χ0n) is 11.7. The molecule has 0 bridgehead atoms. The number of para-hydroxylation sites is 1. The summed E-state index contributed by atoms with van der Waals surface area (Å²) in [5, 5.41) is 0.0884. The summed E-state index contributed by atoms with van der Waals surface area (Å²) in [4.78, 5) is 16.1. The number of benzene rings is 2. The van der Waals surface area contributed by atoms with Crippen molar-refractivity contribution in [1.82, 2.24) is 4.31 Å². The lowest BCUT2D eigenvalue weighted by Gasteiger charge is -2.16. The first-order valence-corrected chi connectivity index (χ1v) is 9.01. The molecular weight excluding hydrogens is 339 g/mol. The Morgan fingerprint density at radius 1 is 1.04 bits per heavy atom. The lowest BCUT2D eigenvalue weighted by molar-refractivity contribution is -0.120. The lowest BCUT2D eigenvalue weighted by Crippen LogP contribution is -2.35. The number of nitrogens with zero attached hydrogens (tertiary/aromatic N) is 2. The molecule has 3 rings (SSSR count). The predicted molar refractivity (Wildman–Crippen MR) is 86.4 cm³/mol. The monoisotopic (exact) mass is 350 g/mol. The van der Waals surface area contributed by atoms with E-state index in [9.17, 15) is 17.6 Å². The first-order chi connectivity index (χ1) is 11.0. The van der Waals surface area contributed by atoms with Gasteiger partial charge >= 0.3 is 0 Å². The summed E-state index contributed by atoms with van der Waals surface area (Å²) in [6.07, 6.45) is 0. The van der Waals surface area contributed by atoms with Crippen LogP contribution in [0.5, 0.6) is 0 Å². The third kappa shape index (κ3) is 3.13. The Kier molecular flexibility index (Phi) is 4.18. The van der Waals surface area contributed by atoms with Gasteiger partial charge in [-0.05, 0) is 36.4 Å². The standard InChI is InChI=1S/C15H11FN2O3S2/c16-11-6-8-13(9-7-11)23(20,21)18-14(19)10-22-15(18)17-12-4-2-1-3-5-12/h1-9H,10H2. The van der Waals surface area contributed by atoms with Crippen LogP contribution in [0.1, 0.15) is 0 Å². The average Bonchev–Trinajstić information content (AvgIpc) is 2.90. The fraction of sp³-hybridized carbons (Fsp3) is 0.0667. The van der Waals surface area contributed by atoms with Crippen molar-refractivity contribution >= 4 is 38.5 Å². The van der Waals surface area contributed by atoms with Crippen LogP contribution in [0.15, 0.2) is 64.5 Å². The maximum absolute atomic E-state index is 13.0. The Morgan fingerprint density at radius 3 is 2.35 bits per heavy atom. The van der Waals surface area contributed by atoms with E-state index in [2.05, 4.69) is 4.99 Å². The Balaban J connectivity index is 2.03. The SMILES string of the molecule is O=C1CSC(=Nc2ccccc2)N1S(=O)(=O)c1ccc(F)cc1. The van der Waals surface area contributed by atoms with E-state index in [0.29, 0.717) is 9.99 Å². The van der Waals surface area contributed by atoms with Crippen molar-refractivity contribution in [2.75, 3.05) is 5.75 Å². The fourth-order valence-electron chi connectivity index (χ4n) is 1.99. The summed E-state index contributed by atoms with van der Waals surface area (Å²) < 4.78 is 39.0. The maximum atomic E-state index is 13.0. The summed E-state index contributed by atoms with van der Waals surface area (Å²) in [6.45, 7) is 0. The Bertz CT molecular complexity index is 865. The second-order valence-electron chi connectivity index (χ2n) is 4.64. The number of thioether (sulfide) groups is 1. The number of rotatable bonds is 3. The average molecular weight is 350 g/mol. The molecule has 0 spiro atoms. The highest BCUT2D eigenvalue weighted by atomic mass is 32.2. The number of carbonyl (C=O) groups excluding carboxylic acids is 1. The zero-order valence-corrected chi connectivity index (χ0v) is 13.3. The van der Waals surface area contributed by atoms with Crippen molar-refractivity contribution in [2.45, 2.75) is 4.90 Å². The molecule has 0 radical (unpaired) electrons. The van der Waals surface area contributed by atoms with E-state index >= 15 is 0 Å². The van der Waals surface area contributed by atoms with Crippen LogP contribution in [-0.4, -0.2) is 29.6 Å². The van der Waals surface area contributed by atoms with Gasteiger partial charge in [0.05, 0.1) is 16.3 Å². The van der Waals surface area contributed by atoms with Crippen LogP contribution < -0.4 is 0 Å². The van der Waals surface area contributed by atoms with Gasteiger partial charge in [-0.1, -0.05) is 30.0 Å². The van der Waals surface area contributed by atoms with Gasteiger partial charge in [-0.2, -0.15) is 4.31 Å². The fourth-order valence-corrected chi connectivity index (χ4v) is 4.56. The number of hydrogen-bond acceptors (Lipinski definition) is 5. The van der Waals surface area contributed by atoms with Gasteiger partial charge in [-0.3, -0.25) is 4.79 Å². The summed E-state index contributed by atoms with van der Waals surface area (Å²) in [6, 6.07) is 13.1. The predicted octanol–water partition coefficient (Wildman–Crippen LogP) is 2.78. The molecule has 0 N–H and O–H groups in total. The van der Waals surface area contributed by atoms with Crippen LogP contribution in [0, 0.1) is 5.82 Å². The topological polar surface area (TPSA) is 66.8 Å². The van der Waals surface area contributed by atoms with Crippen molar-refractivity contribution in [3.63, 3.8) is 0 Å². The molecular formula is C15H11FN2O3S2. The van der Waals surface area contributed by atoms with E-state index in [-0.39, 0.29) is 15.8 Å². The first-order valence-electron chi connectivity index (χ1n) is 6.59. The van der Waals surface area contributed by atoms with Crippen molar-refractivity contribution in [2.24, 2.45) is 4.99 Å². The van der Waals surface area contributed by atoms with Crippen molar-refractivity contribution < 1.29 is 17.6 Å². The molecule has 0 atom stereocenters. The number of hydrogen-bond donors (Lipinski definition) is 0. The molecule has 1 aliphatic rings. The number of carbonyl (C=O) groups is 1. The van der Waals surface area contributed by atoms with Gasteiger partial charge in [0.15, 0.2) is 5.17 Å². The van der Waals surface area contributed by atoms with Gasteiger partial charge in [-0.15, -0.1) is 0 Å². The van der Waals surface area contributed by atoms with Crippen molar-refractivity contribution in [3.05, 3.63) is 60.4 Å². The highest BCUT2D eigenvalue weighted by Gasteiger charge is 2.39. The van der Waals surface area contributed by atoms with Gasteiger partial charge in [0.25, 0.3) is 15.9 Å². The molecule has 1 aliphatic heterocycles. The van der Waals surface area contributed by atoms with E-state index in [1.54, 1.807) is 24.3 Å². The first kappa shape index (κ1) is 15.7. The van der Waals surface area contributed by atoms with Crippen LogP contribution >= 0.6 is 11.8 Å². The molecule has 1 saturated heterocycles. The second-order valence-corrected chi connectivity index (χ2v) is 7.36. The minimum Gasteiger partial charge on any atom is -0.272 e. The molecule has 118 valence electrons. The molecule has 8 heteroatoms. The van der Waals surface area contributed by atoms with Gasteiger partial charge in [0.2, 0.25) is 0 Å². The highest BCUT2D eigenvalue weighted by molar-refractivity contribution is 8.16. The van der Waals surface area contributed by atoms with E-state index < -0.39 is 21.7 Å². The molecule has 23 heavy (non-hydrogen) atoms. The van der Waals surface area contributed by atoms with E-state index in [1.807, 2.05) is 6.07 Å². The van der Waals surface area contributed by atoms with Crippen LogP contribution in [0.4, 0.5) is 10.1 Å². The Labute approximate surface area is 136 Å². The largest absolute Gasteiger partial charge is 0.272 e. The second kappa shape index (κ2) is 6.13. The molecule has 0 unspecified atom stereocenters. The van der Waals surface area contributed by atoms with Crippen LogP contribution in [0.2, 0.25) is 0 Å². The minimum atomic E-state index is -4.11. The highest BCUT2D eigenvalue weighted by Crippen LogP contribution is 2.29. The molecule has 2 aromatic rings. The third-order valence-electron chi connectivity index (χ3n) is 3.06. The molecule has 5 nitrogen and oxygen atoms in total. The maximum Gasteiger partial charge on any atom is 0.272 e. The van der Waals surface area contributed by atoms with E-state index in [0.717, 1.165) is 36.0 Å². The molecule has 1 fully saturated rings. The number of amides is 1. The molecule has 2 aromatic carbocycles. The van der Waals surface area contributed by atoms with Crippen LogP contribution in [0.3, 0.4) is 0 Å². The van der Waals surface area contributed by atoms with Crippen LogP contribution in [-0.2, 0) is 14.8 Å².